The van der Waals surface area contributed by atoms with E-state index in [9.17, 15) is 4.79 Å². The fourth-order valence-corrected chi connectivity index (χ4v) is 3.10. The van der Waals surface area contributed by atoms with Crippen LogP contribution in [0.15, 0.2) is 47.3 Å². The third-order valence-electron chi connectivity index (χ3n) is 3.68. The molecule has 0 amide bonds. The average Bonchev–Trinajstić information content (AvgIpc) is 2.89. The fraction of sp³-hybridized carbons (Fsp3) is 0.0625. The molecule has 0 unspecified atom stereocenters. The third kappa shape index (κ3) is 2.45. The molecule has 2 heterocycles. The summed E-state index contributed by atoms with van der Waals surface area (Å²) < 4.78 is 2.75. The molecule has 0 bridgehead atoms. The van der Waals surface area contributed by atoms with Crippen LogP contribution in [0, 0.1) is 0 Å². The van der Waals surface area contributed by atoms with Crippen molar-refractivity contribution in [2.24, 2.45) is 0 Å². The highest BCUT2D eigenvalue weighted by Crippen LogP contribution is 2.28. The summed E-state index contributed by atoms with van der Waals surface area (Å²) in [5.41, 5.74) is 1.90. The number of hydrogen-bond donors (Lipinski definition) is 0. The Morgan fingerprint density at radius 3 is 2.46 bits per heavy atom. The van der Waals surface area contributed by atoms with Crippen molar-refractivity contribution in [1.82, 2.24) is 19.2 Å². The van der Waals surface area contributed by atoms with Crippen LogP contribution < -0.4 is 5.69 Å². The summed E-state index contributed by atoms with van der Waals surface area (Å²) in [6, 6.07) is 12.7. The largest absolute Gasteiger partial charge is 0.351 e. The molecule has 0 N–H and O–H groups in total. The minimum atomic E-state index is -0.318. The second kappa shape index (κ2) is 5.77. The highest BCUT2D eigenvalue weighted by Gasteiger charge is 2.16. The van der Waals surface area contributed by atoms with Crippen molar-refractivity contribution in [1.29, 1.82) is 0 Å². The van der Waals surface area contributed by atoms with E-state index in [1.807, 2.05) is 30.3 Å². The maximum absolute atomic E-state index is 12.8. The zero-order valence-electron chi connectivity index (χ0n) is 12.1. The lowest BCUT2D eigenvalue weighted by Crippen LogP contribution is -2.22. The maximum atomic E-state index is 12.8. The van der Waals surface area contributed by atoms with Gasteiger partial charge in [-0.25, -0.2) is 18.9 Å². The molecule has 24 heavy (non-hydrogen) atoms. The number of benzene rings is 2. The molecule has 0 radical (unpaired) electrons. The highest BCUT2D eigenvalue weighted by atomic mass is 35.5. The fourth-order valence-electron chi connectivity index (χ4n) is 2.57. The van der Waals surface area contributed by atoms with E-state index in [-0.39, 0.29) is 16.5 Å². The van der Waals surface area contributed by atoms with Gasteiger partial charge in [-0.1, -0.05) is 65.1 Å². The molecule has 0 spiro atoms. The molecule has 0 aliphatic heterocycles. The molecule has 4 rings (SSSR count). The van der Waals surface area contributed by atoms with Crippen LogP contribution in [0.25, 0.3) is 16.7 Å². The smallest absolute Gasteiger partial charge is 0.246 e. The molecular weight excluding hydrogens is 371 g/mol. The molecule has 0 saturated heterocycles. The zero-order valence-corrected chi connectivity index (χ0v) is 14.3. The summed E-state index contributed by atoms with van der Waals surface area (Å²) in [4.78, 5) is 17.1. The van der Waals surface area contributed by atoms with Gasteiger partial charge in [-0.2, -0.15) is 0 Å². The minimum Gasteiger partial charge on any atom is -0.246 e. The average molecular weight is 380 g/mol. The number of fused-ring (bicyclic) bond motifs is 3. The Bertz CT molecular complexity index is 1140. The van der Waals surface area contributed by atoms with Crippen LogP contribution in [0.1, 0.15) is 5.56 Å². The van der Waals surface area contributed by atoms with Crippen LogP contribution in [0.3, 0.4) is 0 Å². The molecule has 8 heteroatoms. The van der Waals surface area contributed by atoms with E-state index < -0.39 is 0 Å². The van der Waals surface area contributed by atoms with Crippen molar-refractivity contribution in [3.05, 3.63) is 73.7 Å². The SMILES string of the molecule is O=c1n(Cc2ccccc2)nc2c(Cl)nc3cc(Cl)c(Cl)cc3n12. The van der Waals surface area contributed by atoms with Crippen molar-refractivity contribution < 1.29 is 0 Å². The normalized spacial score (nSPS) is 11.5. The first-order valence-corrected chi connectivity index (χ1v) is 8.16. The summed E-state index contributed by atoms with van der Waals surface area (Å²) in [7, 11) is 0. The maximum Gasteiger partial charge on any atom is 0.351 e. The Balaban J connectivity index is 2.01. The Labute approximate surface area is 151 Å². The van der Waals surface area contributed by atoms with Crippen LogP contribution in [-0.2, 0) is 6.54 Å². The van der Waals surface area contributed by atoms with Crippen LogP contribution in [0.5, 0.6) is 0 Å². The number of halogens is 3. The minimum absolute atomic E-state index is 0.129. The predicted molar refractivity (Wildman–Crippen MR) is 95.3 cm³/mol. The molecule has 0 aliphatic carbocycles. The molecule has 0 atom stereocenters. The highest BCUT2D eigenvalue weighted by molar-refractivity contribution is 6.42. The van der Waals surface area contributed by atoms with Gasteiger partial charge in [0.25, 0.3) is 0 Å². The molecule has 4 aromatic rings. The molecular formula is C16H9Cl3N4O. The molecule has 2 aromatic heterocycles. The summed E-state index contributed by atoms with van der Waals surface area (Å²) in [5.74, 6) is 0. The van der Waals surface area contributed by atoms with Crippen LogP contribution >= 0.6 is 34.8 Å². The van der Waals surface area contributed by atoms with E-state index in [4.69, 9.17) is 34.8 Å². The lowest BCUT2D eigenvalue weighted by Gasteiger charge is -2.03. The van der Waals surface area contributed by atoms with Crippen LogP contribution in [0.4, 0.5) is 0 Å². The van der Waals surface area contributed by atoms with E-state index in [0.717, 1.165) is 5.56 Å². The zero-order chi connectivity index (χ0) is 16.8. The van der Waals surface area contributed by atoms with Crippen molar-refractivity contribution >= 4 is 51.5 Å². The second-order valence-corrected chi connectivity index (χ2v) is 6.41. The van der Waals surface area contributed by atoms with Gasteiger partial charge in [0.05, 0.1) is 27.6 Å². The first-order valence-electron chi connectivity index (χ1n) is 7.02. The van der Waals surface area contributed by atoms with Gasteiger partial charge in [0.2, 0.25) is 0 Å². The summed E-state index contributed by atoms with van der Waals surface area (Å²) in [6.07, 6.45) is 0. The van der Waals surface area contributed by atoms with Crippen LogP contribution in [-0.4, -0.2) is 19.2 Å². The van der Waals surface area contributed by atoms with E-state index in [0.29, 0.717) is 27.6 Å². The number of rotatable bonds is 2. The molecule has 2 aromatic carbocycles. The summed E-state index contributed by atoms with van der Waals surface area (Å²) >= 11 is 18.3. The van der Waals surface area contributed by atoms with Gasteiger partial charge in [0.15, 0.2) is 10.8 Å². The number of hydrogen-bond acceptors (Lipinski definition) is 3. The topological polar surface area (TPSA) is 52.2 Å². The Kier molecular flexibility index (Phi) is 3.72. The number of nitrogens with zero attached hydrogens (tertiary/aromatic N) is 4. The molecule has 0 aliphatic rings. The lowest BCUT2D eigenvalue weighted by molar-refractivity contribution is 0.660. The molecule has 120 valence electrons. The summed E-state index contributed by atoms with van der Waals surface area (Å²) in [6.45, 7) is 0.334. The Morgan fingerprint density at radius 1 is 1.00 bits per heavy atom. The third-order valence-corrected chi connectivity index (χ3v) is 4.65. The number of aromatic nitrogens is 4. The molecule has 0 saturated carbocycles. The monoisotopic (exact) mass is 378 g/mol. The second-order valence-electron chi connectivity index (χ2n) is 5.24. The van der Waals surface area contributed by atoms with Gasteiger partial charge >= 0.3 is 5.69 Å². The van der Waals surface area contributed by atoms with Gasteiger partial charge in [-0.15, -0.1) is 5.10 Å². The quantitative estimate of drug-likeness (QED) is 0.528. The van der Waals surface area contributed by atoms with Crippen LogP contribution in [0.2, 0.25) is 15.2 Å². The Hall–Kier alpha value is -2.08. The Morgan fingerprint density at radius 2 is 1.71 bits per heavy atom. The van der Waals surface area contributed by atoms with E-state index in [1.165, 1.54) is 9.08 Å². The lowest BCUT2D eigenvalue weighted by atomic mass is 10.2. The summed E-state index contributed by atoms with van der Waals surface area (Å²) in [5, 5.41) is 5.11. The van der Waals surface area contributed by atoms with Crippen molar-refractivity contribution in [3.8, 4) is 0 Å². The van der Waals surface area contributed by atoms with Gasteiger partial charge < -0.3 is 0 Å². The molecule has 5 nitrogen and oxygen atoms in total. The standard InChI is InChI=1S/C16H9Cl3N4O/c17-10-6-12-13(7-11(10)18)23-15(14(19)20-12)21-22(16(23)24)8-9-4-2-1-3-5-9/h1-7H,8H2. The molecule has 0 fully saturated rings. The predicted octanol–water partition coefficient (Wildman–Crippen LogP) is 4.05. The van der Waals surface area contributed by atoms with Gasteiger partial charge in [0, 0.05) is 0 Å². The van der Waals surface area contributed by atoms with Gasteiger partial charge in [-0.05, 0) is 17.7 Å². The van der Waals surface area contributed by atoms with Crippen molar-refractivity contribution in [2.45, 2.75) is 6.54 Å². The van der Waals surface area contributed by atoms with E-state index in [2.05, 4.69) is 10.1 Å². The first-order chi connectivity index (χ1) is 11.5. The van der Waals surface area contributed by atoms with E-state index >= 15 is 0 Å². The van der Waals surface area contributed by atoms with Gasteiger partial charge in [0.1, 0.15) is 0 Å². The van der Waals surface area contributed by atoms with Crippen molar-refractivity contribution in [3.63, 3.8) is 0 Å². The van der Waals surface area contributed by atoms with Crippen molar-refractivity contribution in [2.75, 3.05) is 0 Å². The van der Waals surface area contributed by atoms with E-state index in [1.54, 1.807) is 12.1 Å². The first kappa shape index (κ1) is 15.4. The van der Waals surface area contributed by atoms with Gasteiger partial charge in [-0.3, -0.25) is 0 Å².